The van der Waals surface area contributed by atoms with Gasteiger partial charge in [0, 0.05) is 5.56 Å². The van der Waals surface area contributed by atoms with E-state index in [4.69, 9.17) is 0 Å². The van der Waals surface area contributed by atoms with Crippen molar-refractivity contribution in [1.82, 2.24) is 14.6 Å². The summed E-state index contributed by atoms with van der Waals surface area (Å²) in [6, 6.07) is 13.5. The fourth-order valence-corrected chi connectivity index (χ4v) is 1.77. The highest BCUT2D eigenvalue weighted by molar-refractivity contribution is 5.65. The van der Waals surface area contributed by atoms with Gasteiger partial charge in [0.2, 0.25) is 0 Å². The van der Waals surface area contributed by atoms with Gasteiger partial charge in [-0.2, -0.15) is 5.10 Å². The van der Waals surface area contributed by atoms with Crippen LogP contribution in [-0.2, 0) is 0 Å². The summed E-state index contributed by atoms with van der Waals surface area (Å²) in [5, 5.41) is 4.14. The minimum absolute atomic E-state index is 0.128. The van der Waals surface area contributed by atoms with Crippen molar-refractivity contribution < 1.29 is 0 Å². The fourth-order valence-electron chi connectivity index (χ4n) is 1.77. The lowest BCUT2D eigenvalue weighted by Crippen LogP contribution is -2.10. The van der Waals surface area contributed by atoms with Gasteiger partial charge >= 0.3 is 0 Å². The molecule has 78 valence electrons. The van der Waals surface area contributed by atoms with E-state index in [0.717, 1.165) is 11.3 Å². The molecule has 4 heteroatoms. The standard InChI is InChI=1S/C12H9N3O/c16-12-11-7-6-10(15(11)14-8-13-12)9-4-2-1-3-5-9/h1-8H,(H,13,14,16). The summed E-state index contributed by atoms with van der Waals surface area (Å²) in [4.78, 5) is 14.1. The molecule has 0 atom stereocenters. The predicted octanol–water partition coefficient (Wildman–Crippen LogP) is 1.69. The summed E-state index contributed by atoms with van der Waals surface area (Å²) < 4.78 is 1.65. The Morgan fingerprint density at radius 1 is 1.06 bits per heavy atom. The second-order valence-electron chi connectivity index (χ2n) is 3.50. The van der Waals surface area contributed by atoms with Crippen LogP contribution in [-0.4, -0.2) is 14.6 Å². The van der Waals surface area contributed by atoms with E-state index in [2.05, 4.69) is 10.1 Å². The van der Waals surface area contributed by atoms with Crippen LogP contribution in [0.4, 0.5) is 0 Å². The van der Waals surface area contributed by atoms with Crippen LogP contribution in [0.3, 0.4) is 0 Å². The van der Waals surface area contributed by atoms with Gasteiger partial charge in [-0.05, 0) is 12.1 Å². The molecular weight excluding hydrogens is 202 g/mol. The molecule has 0 spiro atoms. The Morgan fingerprint density at radius 2 is 1.88 bits per heavy atom. The minimum Gasteiger partial charge on any atom is -0.310 e. The molecule has 1 aromatic carbocycles. The van der Waals surface area contributed by atoms with Crippen molar-refractivity contribution in [3.05, 3.63) is 59.1 Å². The number of hydrogen-bond donors (Lipinski definition) is 1. The van der Waals surface area contributed by atoms with Gasteiger partial charge < -0.3 is 4.98 Å². The van der Waals surface area contributed by atoms with Gasteiger partial charge in [-0.1, -0.05) is 30.3 Å². The second kappa shape index (κ2) is 3.34. The Kier molecular flexibility index (Phi) is 1.86. The molecule has 0 unspecified atom stereocenters. The van der Waals surface area contributed by atoms with Gasteiger partial charge in [-0.25, -0.2) is 4.52 Å². The molecule has 16 heavy (non-hydrogen) atoms. The van der Waals surface area contributed by atoms with Gasteiger partial charge in [0.1, 0.15) is 11.8 Å². The highest BCUT2D eigenvalue weighted by Crippen LogP contribution is 2.19. The maximum Gasteiger partial charge on any atom is 0.275 e. The van der Waals surface area contributed by atoms with Gasteiger partial charge in [-0.3, -0.25) is 4.79 Å². The minimum atomic E-state index is -0.128. The van der Waals surface area contributed by atoms with Crippen LogP contribution in [0.1, 0.15) is 0 Å². The molecular formula is C12H9N3O. The van der Waals surface area contributed by atoms with Crippen LogP contribution in [0.15, 0.2) is 53.6 Å². The normalized spacial score (nSPS) is 10.8. The molecule has 0 aliphatic rings. The first kappa shape index (κ1) is 8.91. The third-order valence-corrected chi connectivity index (χ3v) is 2.53. The number of aromatic nitrogens is 3. The molecule has 3 aromatic rings. The topological polar surface area (TPSA) is 50.2 Å². The van der Waals surface area contributed by atoms with Crippen molar-refractivity contribution in [3.63, 3.8) is 0 Å². The van der Waals surface area contributed by atoms with Crippen molar-refractivity contribution in [2.24, 2.45) is 0 Å². The molecule has 0 bridgehead atoms. The number of fused-ring (bicyclic) bond motifs is 1. The van der Waals surface area contributed by atoms with E-state index in [1.807, 2.05) is 36.4 Å². The van der Waals surface area contributed by atoms with Crippen molar-refractivity contribution in [3.8, 4) is 11.3 Å². The number of benzene rings is 1. The number of rotatable bonds is 1. The quantitative estimate of drug-likeness (QED) is 0.665. The van der Waals surface area contributed by atoms with Crippen LogP contribution < -0.4 is 5.56 Å². The van der Waals surface area contributed by atoms with Crippen LogP contribution in [0.5, 0.6) is 0 Å². The largest absolute Gasteiger partial charge is 0.310 e. The van der Waals surface area contributed by atoms with E-state index in [-0.39, 0.29) is 5.56 Å². The van der Waals surface area contributed by atoms with E-state index in [1.54, 1.807) is 10.6 Å². The molecule has 2 heterocycles. The van der Waals surface area contributed by atoms with E-state index in [1.165, 1.54) is 6.33 Å². The van der Waals surface area contributed by atoms with Gasteiger partial charge in [0.25, 0.3) is 5.56 Å². The number of hydrogen-bond acceptors (Lipinski definition) is 2. The van der Waals surface area contributed by atoms with Gasteiger partial charge in [0.05, 0.1) is 5.69 Å². The fraction of sp³-hybridized carbons (Fsp3) is 0. The summed E-state index contributed by atoms with van der Waals surface area (Å²) in [5.41, 5.74) is 2.39. The average molecular weight is 211 g/mol. The Hall–Kier alpha value is -2.36. The van der Waals surface area contributed by atoms with Crippen LogP contribution in [0.2, 0.25) is 0 Å². The SMILES string of the molecule is O=c1[nH]cnn2c(-c3ccccc3)ccc12. The van der Waals surface area contributed by atoms with E-state index in [0.29, 0.717) is 5.52 Å². The molecule has 1 N–H and O–H groups in total. The third kappa shape index (κ3) is 1.24. The molecule has 2 aromatic heterocycles. The van der Waals surface area contributed by atoms with E-state index >= 15 is 0 Å². The lowest BCUT2D eigenvalue weighted by atomic mass is 10.2. The monoisotopic (exact) mass is 211 g/mol. The van der Waals surface area contributed by atoms with Crippen molar-refractivity contribution >= 4 is 5.52 Å². The number of aromatic amines is 1. The average Bonchev–Trinajstić information content (AvgIpc) is 2.75. The number of H-pyrrole nitrogens is 1. The molecule has 0 saturated heterocycles. The summed E-state index contributed by atoms with van der Waals surface area (Å²) in [7, 11) is 0. The van der Waals surface area contributed by atoms with Crippen LogP contribution >= 0.6 is 0 Å². The van der Waals surface area contributed by atoms with Crippen molar-refractivity contribution in [2.45, 2.75) is 0 Å². The molecule has 0 fully saturated rings. The lowest BCUT2D eigenvalue weighted by molar-refractivity contribution is 0.895. The Bertz CT molecular complexity index is 682. The highest BCUT2D eigenvalue weighted by atomic mass is 16.1. The van der Waals surface area contributed by atoms with E-state index < -0.39 is 0 Å². The van der Waals surface area contributed by atoms with Gasteiger partial charge in [0.15, 0.2) is 0 Å². The summed E-state index contributed by atoms with van der Waals surface area (Å²) in [5.74, 6) is 0. The first-order valence-corrected chi connectivity index (χ1v) is 4.97. The summed E-state index contributed by atoms with van der Waals surface area (Å²) >= 11 is 0. The highest BCUT2D eigenvalue weighted by Gasteiger charge is 2.06. The Morgan fingerprint density at radius 3 is 2.69 bits per heavy atom. The molecule has 0 aliphatic heterocycles. The number of nitrogens with zero attached hydrogens (tertiary/aromatic N) is 2. The maximum atomic E-state index is 11.5. The zero-order chi connectivity index (χ0) is 11.0. The summed E-state index contributed by atoms with van der Waals surface area (Å²) in [6.07, 6.45) is 1.40. The Balaban J connectivity index is 2.34. The lowest BCUT2D eigenvalue weighted by Gasteiger charge is -2.00. The van der Waals surface area contributed by atoms with E-state index in [9.17, 15) is 4.79 Å². The molecule has 4 nitrogen and oxygen atoms in total. The molecule has 3 rings (SSSR count). The van der Waals surface area contributed by atoms with Crippen LogP contribution in [0, 0.1) is 0 Å². The molecule has 0 aliphatic carbocycles. The third-order valence-electron chi connectivity index (χ3n) is 2.53. The predicted molar refractivity (Wildman–Crippen MR) is 61.2 cm³/mol. The van der Waals surface area contributed by atoms with Crippen LogP contribution in [0.25, 0.3) is 16.8 Å². The molecule has 0 saturated carbocycles. The first-order chi connectivity index (χ1) is 7.86. The smallest absolute Gasteiger partial charge is 0.275 e. The zero-order valence-corrected chi connectivity index (χ0v) is 8.42. The maximum absolute atomic E-state index is 11.5. The zero-order valence-electron chi connectivity index (χ0n) is 8.42. The van der Waals surface area contributed by atoms with Crippen molar-refractivity contribution in [2.75, 3.05) is 0 Å². The number of nitrogens with one attached hydrogen (secondary N) is 1. The molecule has 0 amide bonds. The molecule has 0 radical (unpaired) electrons. The first-order valence-electron chi connectivity index (χ1n) is 4.97. The second-order valence-corrected chi connectivity index (χ2v) is 3.50. The van der Waals surface area contributed by atoms with Gasteiger partial charge in [-0.15, -0.1) is 0 Å². The Labute approximate surface area is 91.2 Å². The summed E-state index contributed by atoms with van der Waals surface area (Å²) in [6.45, 7) is 0. The van der Waals surface area contributed by atoms with Crippen molar-refractivity contribution in [1.29, 1.82) is 0 Å².